The monoisotopic (exact) mass is 399 g/mol. The summed E-state index contributed by atoms with van der Waals surface area (Å²) in [4.78, 5) is 28.5. The van der Waals surface area contributed by atoms with E-state index in [9.17, 15) is 22.8 Å². The zero-order valence-electron chi connectivity index (χ0n) is 15.5. The quantitative estimate of drug-likeness (QED) is 0.586. The van der Waals surface area contributed by atoms with Gasteiger partial charge in [0, 0.05) is 31.9 Å². The van der Waals surface area contributed by atoms with Crippen LogP contribution in [0.5, 0.6) is 0 Å². The first-order valence-corrected chi connectivity index (χ1v) is 9.43. The van der Waals surface area contributed by atoms with Crippen LogP contribution in [0.4, 0.5) is 18.9 Å². The van der Waals surface area contributed by atoms with Crippen molar-refractivity contribution in [3.63, 3.8) is 0 Å². The molecule has 1 aromatic rings. The summed E-state index contributed by atoms with van der Waals surface area (Å²) < 4.78 is 43.3. The van der Waals surface area contributed by atoms with E-state index in [0.717, 1.165) is 51.4 Å². The van der Waals surface area contributed by atoms with Crippen LogP contribution in [0.2, 0.25) is 0 Å². The van der Waals surface area contributed by atoms with Gasteiger partial charge >= 0.3 is 6.18 Å². The van der Waals surface area contributed by atoms with Crippen LogP contribution in [0.1, 0.15) is 18.4 Å². The number of nitrogens with one attached hydrogen (secondary N) is 1. The van der Waals surface area contributed by atoms with Crippen molar-refractivity contribution in [1.29, 1.82) is 0 Å². The Bertz CT molecular complexity index is 688. The third kappa shape index (κ3) is 5.02. The predicted molar refractivity (Wildman–Crippen MR) is 96.8 cm³/mol. The third-order valence-corrected chi connectivity index (χ3v) is 5.08. The highest BCUT2D eigenvalue weighted by Gasteiger charge is 2.38. The number of carbonyl (C=O) groups is 2. The highest BCUT2D eigenvalue weighted by Crippen LogP contribution is 2.32. The van der Waals surface area contributed by atoms with Crippen molar-refractivity contribution in [2.75, 3.05) is 50.8 Å². The summed E-state index contributed by atoms with van der Waals surface area (Å²) >= 11 is 0. The average molecular weight is 399 g/mol. The van der Waals surface area contributed by atoms with E-state index in [1.807, 2.05) is 0 Å². The van der Waals surface area contributed by atoms with Gasteiger partial charge in [0.2, 0.25) is 11.8 Å². The summed E-state index contributed by atoms with van der Waals surface area (Å²) in [6.07, 6.45) is -3.28. The Morgan fingerprint density at radius 3 is 2.46 bits per heavy atom. The molecule has 0 bridgehead atoms. The molecule has 0 radical (unpaired) electrons. The highest BCUT2D eigenvalue weighted by atomic mass is 19.4. The van der Waals surface area contributed by atoms with Crippen LogP contribution in [0.3, 0.4) is 0 Å². The van der Waals surface area contributed by atoms with Crippen LogP contribution in [-0.4, -0.2) is 62.7 Å². The van der Waals surface area contributed by atoms with Gasteiger partial charge in [0.15, 0.2) is 0 Å². The lowest BCUT2D eigenvalue weighted by atomic mass is 10.1. The molecule has 6 nitrogen and oxygen atoms in total. The van der Waals surface area contributed by atoms with Crippen molar-refractivity contribution in [3.05, 3.63) is 29.8 Å². The first kappa shape index (κ1) is 20.6. The van der Waals surface area contributed by atoms with E-state index in [-0.39, 0.29) is 11.8 Å². The van der Waals surface area contributed by atoms with E-state index in [2.05, 4.69) is 10.2 Å². The lowest BCUT2D eigenvalue weighted by Gasteiger charge is -2.26. The van der Waals surface area contributed by atoms with Gasteiger partial charge < -0.3 is 15.0 Å². The van der Waals surface area contributed by atoms with Gasteiger partial charge in [0.1, 0.15) is 5.92 Å². The molecule has 0 aliphatic carbocycles. The molecule has 9 heteroatoms. The molecule has 2 saturated heterocycles. The normalized spacial score (nSPS) is 21.2. The Morgan fingerprint density at radius 2 is 1.82 bits per heavy atom. The van der Waals surface area contributed by atoms with Crippen molar-refractivity contribution >= 4 is 17.5 Å². The number of alkyl halides is 3. The Labute approximate surface area is 161 Å². The van der Waals surface area contributed by atoms with Gasteiger partial charge in [-0.2, -0.15) is 13.2 Å². The molecule has 2 heterocycles. The summed E-state index contributed by atoms with van der Waals surface area (Å²) in [7, 11) is 0. The minimum atomic E-state index is -4.42. The van der Waals surface area contributed by atoms with E-state index in [1.165, 1.54) is 17.0 Å². The number of hydrogen-bond donors (Lipinski definition) is 1. The number of morpholine rings is 1. The standard InChI is InChI=1S/C19H24F3N3O3/c20-19(21,22)14-2-4-15(5-3-14)25-9-6-16(18(25)27)17(26)23-7-1-8-24-10-12-28-13-11-24/h2-5,16H,1,6-13H2,(H,23,26). The van der Waals surface area contributed by atoms with Gasteiger partial charge in [-0.25, -0.2) is 0 Å². The van der Waals surface area contributed by atoms with Crippen LogP contribution in [0.25, 0.3) is 0 Å². The maximum absolute atomic E-state index is 12.7. The molecule has 28 heavy (non-hydrogen) atoms. The molecular formula is C19H24F3N3O3. The highest BCUT2D eigenvalue weighted by molar-refractivity contribution is 6.09. The molecule has 3 rings (SSSR count). The van der Waals surface area contributed by atoms with Crippen LogP contribution in [-0.2, 0) is 20.5 Å². The summed E-state index contributed by atoms with van der Waals surface area (Å²) in [6, 6.07) is 4.43. The maximum atomic E-state index is 12.7. The Morgan fingerprint density at radius 1 is 1.14 bits per heavy atom. The minimum absolute atomic E-state index is 0.316. The second-order valence-electron chi connectivity index (χ2n) is 6.97. The largest absolute Gasteiger partial charge is 0.416 e. The number of anilines is 1. The van der Waals surface area contributed by atoms with Crippen LogP contribution in [0.15, 0.2) is 24.3 Å². The second kappa shape index (κ2) is 8.91. The lowest BCUT2D eigenvalue weighted by Crippen LogP contribution is -2.40. The second-order valence-corrected chi connectivity index (χ2v) is 6.97. The van der Waals surface area contributed by atoms with E-state index in [1.54, 1.807) is 0 Å². The fourth-order valence-corrected chi connectivity index (χ4v) is 3.47. The summed E-state index contributed by atoms with van der Waals surface area (Å²) in [6.45, 7) is 4.88. The first-order chi connectivity index (χ1) is 13.4. The van der Waals surface area contributed by atoms with E-state index < -0.39 is 17.7 Å². The van der Waals surface area contributed by atoms with Gasteiger partial charge in [-0.05, 0) is 43.7 Å². The number of halogens is 3. The van der Waals surface area contributed by atoms with Gasteiger partial charge in [-0.1, -0.05) is 0 Å². The molecule has 2 aliphatic heterocycles. The summed E-state index contributed by atoms with van der Waals surface area (Å²) in [5.74, 6) is -1.47. The van der Waals surface area contributed by atoms with Crippen molar-refractivity contribution in [2.24, 2.45) is 5.92 Å². The Kier molecular flexibility index (Phi) is 6.56. The molecule has 0 saturated carbocycles. The minimum Gasteiger partial charge on any atom is -0.379 e. The van der Waals surface area contributed by atoms with Crippen molar-refractivity contribution in [1.82, 2.24) is 10.2 Å². The molecule has 1 unspecified atom stereocenters. The zero-order valence-corrected chi connectivity index (χ0v) is 15.5. The van der Waals surface area contributed by atoms with Crippen LogP contribution >= 0.6 is 0 Å². The number of rotatable bonds is 6. The van der Waals surface area contributed by atoms with Gasteiger partial charge in [0.05, 0.1) is 18.8 Å². The number of hydrogen-bond acceptors (Lipinski definition) is 4. The van der Waals surface area contributed by atoms with E-state index in [0.29, 0.717) is 25.2 Å². The molecule has 154 valence electrons. The molecule has 1 aromatic carbocycles. The molecule has 1 N–H and O–H groups in total. The van der Waals surface area contributed by atoms with Crippen molar-refractivity contribution in [2.45, 2.75) is 19.0 Å². The average Bonchev–Trinajstić information content (AvgIpc) is 3.07. The zero-order chi connectivity index (χ0) is 20.1. The fourth-order valence-electron chi connectivity index (χ4n) is 3.47. The van der Waals surface area contributed by atoms with E-state index >= 15 is 0 Å². The number of ether oxygens (including phenoxy) is 1. The molecular weight excluding hydrogens is 375 g/mol. The first-order valence-electron chi connectivity index (χ1n) is 9.43. The van der Waals surface area contributed by atoms with Gasteiger partial charge in [-0.15, -0.1) is 0 Å². The number of nitrogens with zero attached hydrogens (tertiary/aromatic N) is 2. The Balaban J connectivity index is 1.47. The Hall–Kier alpha value is -2.13. The SMILES string of the molecule is O=C(NCCCN1CCOCC1)C1CCN(c2ccc(C(F)(F)F)cc2)C1=O. The summed E-state index contributed by atoms with van der Waals surface area (Å²) in [5.41, 5.74) is -0.391. The fraction of sp³-hybridized carbons (Fsp3) is 0.579. The molecule has 0 spiro atoms. The van der Waals surface area contributed by atoms with Gasteiger partial charge in [-0.3, -0.25) is 14.5 Å². The molecule has 2 aliphatic rings. The molecule has 0 aromatic heterocycles. The van der Waals surface area contributed by atoms with E-state index in [4.69, 9.17) is 4.74 Å². The molecule has 2 amide bonds. The number of amides is 2. The van der Waals surface area contributed by atoms with Crippen molar-refractivity contribution in [3.8, 4) is 0 Å². The smallest absolute Gasteiger partial charge is 0.379 e. The van der Waals surface area contributed by atoms with Gasteiger partial charge in [0.25, 0.3) is 0 Å². The maximum Gasteiger partial charge on any atom is 0.416 e. The summed E-state index contributed by atoms with van der Waals surface area (Å²) in [5, 5.41) is 2.80. The van der Waals surface area contributed by atoms with Crippen LogP contribution in [0, 0.1) is 5.92 Å². The molecule has 1 atom stereocenters. The number of benzene rings is 1. The third-order valence-electron chi connectivity index (χ3n) is 5.08. The van der Waals surface area contributed by atoms with Crippen LogP contribution < -0.4 is 10.2 Å². The molecule has 2 fully saturated rings. The lowest BCUT2D eigenvalue weighted by molar-refractivity contribution is -0.137. The van der Waals surface area contributed by atoms with Crippen molar-refractivity contribution < 1.29 is 27.5 Å². The topological polar surface area (TPSA) is 61.9 Å². The number of carbonyl (C=O) groups excluding carboxylic acids is 2. The predicted octanol–water partition coefficient (Wildman–Crippen LogP) is 1.90.